The minimum absolute atomic E-state index is 0.0191. The molecule has 0 unspecified atom stereocenters. The molecule has 2 N–H and O–H groups in total. The Hall–Kier alpha value is -2.38. The molecule has 0 bridgehead atoms. The van der Waals surface area contributed by atoms with Gasteiger partial charge in [0.25, 0.3) is 5.91 Å². The number of hydrogen-bond acceptors (Lipinski definition) is 4. The molecule has 3 rings (SSSR count). The summed E-state index contributed by atoms with van der Waals surface area (Å²) >= 11 is 0. The predicted octanol–water partition coefficient (Wildman–Crippen LogP) is 3.48. The number of anilines is 1. The van der Waals surface area contributed by atoms with Crippen molar-refractivity contribution in [1.29, 1.82) is 0 Å². The van der Waals surface area contributed by atoms with Crippen molar-refractivity contribution in [3.05, 3.63) is 53.6 Å². The smallest absolute Gasteiger partial charge is 0.255 e. The van der Waals surface area contributed by atoms with Crippen LogP contribution < -0.4 is 14.8 Å². The molecule has 7 heteroatoms. The van der Waals surface area contributed by atoms with Gasteiger partial charge in [0, 0.05) is 17.3 Å². The van der Waals surface area contributed by atoms with Crippen LogP contribution in [0.3, 0.4) is 0 Å². The number of carbonyl (C=O) groups is 1. The van der Waals surface area contributed by atoms with E-state index in [2.05, 4.69) is 10.0 Å². The van der Waals surface area contributed by atoms with Gasteiger partial charge in [0.2, 0.25) is 10.0 Å². The van der Waals surface area contributed by atoms with Gasteiger partial charge in [-0.1, -0.05) is 31.0 Å². The second-order valence-electron chi connectivity index (χ2n) is 6.74. The van der Waals surface area contributed by atoms with E-state index >= 15 is 0 Å². The average molecular weight is 388 g/mol. The highest BCUT2D eigenvalue weighted by Gasteiger charge is 2.26. The molecule has 1 fully saturated rings. The number of methoxy groups -OCH3 is 1. The highest BCUT2D eigenvalue weighted by atomic mass is 32.2. The third-order valence-electron chi connectivity index (χ3n) is 4.79. The van der Waals surface area contributed by atoms with Crippen LogP contribution >= 0.6 is 0 Å². The van der Waals surface area contributed by atoms with Crippen LogP contribution in [-0.4, -0.2) is 27.5 Å². The van der Waals surface area contributed by atoms with Crippen molar-refractivity contribution in [2.24, 2.45) is 0 Å². The zero-order chi connectivity index (χ0) is 19.4. The minimum Gasteiger partial charge on any atom is -0.495 e. The molecular weight excluding hydrogens is 364 g/mol. The van der Waals surface area contributed by atoms with Gasteiger partial charge in [-0.25, -0.2) is 13.1 Å². The second kappa shape index (κ2) is 8.10. The number of benzene rings is 2. The van der Waals surface area contributed by atoms with Crippen LogP contribution in [0.5, 0.6) is 5.75 Å². The quantitative estimate of drug-likeness (QED) is 0.793. The molecule has 2 aromatic rings. The van der Waals surface area contributed by atoms with E-state index in [4.69, 9.17) is 4.74 Å². The molecule has 1 saturated carbocycles. The first kappa shape index (κ1) is 19.4. The van der Waals surface area contributed by atoms with Crippen molar-refractivity contribution in [3.63, 3.8) is 0 Å². The van der Waals surface area contributed by atoms with Gasteiger partial charge in [0.05, 0.1) is 7.11 Å². The third kappa shape index (κ3) is 4.48. The summed E-state index contributed by atoms with van der Waals surface area (Å²) in [5.41, 5.74) is 1.87. The molecule has 0 saturated heterocycles. The fourth-order valence-electron chi connectivity index (χ4n) is 3.26. The summed E-state index contributed by atoms with van der Waals surface area (Å²) in [6, 6.07) is 11.8. The zero-order valence-corrected chi connectivity index (χ0v) is 16.3. The lowest BCUT2D eigenvalue weighted by Crippen LogP contribution is -2.33. The monoisotopic (exact) mass is 388 g/mol. The van der Waals surface area contributed by atoms with Gasteiger partial charge >= 0.3 is 0 Å². The maximum atomic E-state index is 12.8. The number of nitrogens with one attached hydrogen (secondary N) is 2. The van der Waals surface area contributed by atoms with Crippen LogP contribution in [0.2, 0.25) is 0 Å². The molecular formula is C20H24N2O4S. The van der Waals surface area contributed by atoms with E-state index in [1.54, 1.807) is 12.1 Å². The fraction of sp³-hybridized carbons (Fsp3) is 0.350. The van der Waals surface area contributed by atoms with E-state index in [1.165, 1.54) is 19.2 Å². The van der Waals surface area contributed by atoms with Gasteiger partial charge in [0.15, 0.2) is 0 Å². The van der Waals surface area contributed by atoms with Crippen molar-refractivity contribution in [3.8, 4) is 5.75 Å². The summed E-state index contributed by atoms with van der Waals surface area (Å²) in [4.78, 5) is 12.6. The zero-order valence-electron chi connectivity index (χ0n) is 15.5. The summed E-state index contributed by atoms with van der Waals surface area (Å²) in [6.07, 6.45) is 3.69. The van der Waals surface area contributed by atoms with Crippen molar-refractivity contribution < 1.29 is 17.9 Å². The van der Waals surface area contributed by atoms with E-state index in [0.717, 1.165) is 31.2 Å². The Kier molecular flexibility index (Phi) is 5.82. The normalized spacial score (nSPS) is 14.9. The average Bonchev–Trinajstić information content (AvgIpc) is 3.15. The van der Waals surface area contributed by atoms with E-state index in [0.29, 0.717) is 5.69 Å². The van der Waals surface area contributed by atoms with Crippen molar-refractivity contribution >= 4 is 21.6 Å². The number of amides is 1. The van der Waals surface area contributed by atoms with Crippen LogP contribution in [0.1, 0.15) is 41.6 Å². The van der Waals surface area contributed by atoms with Crippen molar-refractivity contribution in [2.75, 3.05) is 12.4 Å². The predicted molar refractivity (Wildman–Crippen MR) is 105 cm³/mol. The fourth-order valence-corrected chi connectivity index (χ4v) is 4.76. The number of aryl methyl sites for hydroxylation is 1. The number of rotatable bonds is 6. The minimum atomic E-state index is -3.78. The highest BCUT2D eigenvalue weighted by molar-refractivity contribution is 7.89. The largest absolute Gasteiger partial charge is 0.495 e. The molecule has 0 aromatic heterocycles. The summed E-state index contributed by atoms with van der Waals surface area (Å²) in [5.74, 6) is -0.155. The SMILES string of the molecule is COc1ccc(C(=O)Nc2ccccc2C)cc1S(=O)(=O)NC1CCCC1. The number of ether oxygens (including phenoxy) is 1. The maximum Gasteiger partial charge on any atom is 0.255 e. The van der Waals surface area contributed by atoms with Gasteiger partial charge in [0.1, 0.15) is 10.6 Å². The first-order valence-electron chi connectivity index (χ1n) is 8.98. The molecule has 27 heavy (non-hydrogen) atoms. The number of carbonyl (C=O) groups excluding carboxylic acids is 1. The Morgan fingerprint density at radius 2 is 1.81 bits per heavy atom. The molecule has 0 radical (unpaired) electrons. The Labute approximate surface area is 160 Å². The third-order valence-corrected chi connectivity index (χ3v) is 6.33. The lowest BCUT2D eigenvalue weighted by molar-refractivity contribution is 0.102. The second-order valence-corrected chi connectivity index (χ2v) is 8.42. The standard InChI is InChI=1S/C20H24N2O4S/c1-14-7-3-6-10-17(14)21-20(23)15-11-12-18(26-2)19(13-15)27(24,25)22-16-8-4-5-9-16/h3,6-7,10-13,16,22H,4-5,8-9H2,1-2H3,(H,21,23). The first-order valence-corrected chi connectivity index (χ1v) is 10.5. The summed E-state index contributed by atoms with van der Waals surface area (Å²) in [6.45, 7) is 1.89. The first-order chi connectivity index (χ1) is 12.9. The lowest BCUT2D eigenvalue weighted by Gasteiger charge is -2.16. The van der Waals surface area contributed by atoms with Crippen LogP contribution in [0, 0.1) is 6.92 Å². The summed E-state index contributed by atoms with van der Waals surface area (Å²) < 4.78 is 33.6. The van der Waals surface area contributed by atoms with E-state index in [1.807, 2.05) is 25.1 Å². The van der Waals surface area contributed by atoms with Crippen LogP contribution in [0.25, 0.3) is 0 Å². The maximum absolute atomic E-state index is 12.8. The van der Waals surface area contributed by atoms with E-state index in [-0.39, 0.29) is 28.2 Å². The number of para-hydroxylation sites is 1. The van der Waals surface area contributed by atoms with E-state index < -0.39 is 10.0 Å². The molecule has 2 aromatic carbocycles. The van der Waals surface area contributed by atoms with Crippen molar-refractivity contribution in [2.45, 2.75) is 43.5 Å². The topological polar surface area (TPSA) is 84.5 Å². The Morgan fingerprint density at radius 3 is 2.48 bits per heavy atom. The molecule has 0 atom stereocenters. The van der Waals surface area contributed by atoms with Gasteiger partial charge < -0.3 is 10.1 Å². The molecule has 0 heterocycles. The Morgan fingerprint density at radius 1 is 1.11 bits per heavy atom. The molecule has 6 nitrogen and oxygen atoms in total. The van der Waals surface area contributed by atoms with E-state index in [9.17, 15) is 13.2 Å². The highest BCUT2D eigenvalue weighted by Crippen LogP contribution is 2.27. The van der Waals surface area contributed by atoms with Gasteiger partial charge in [-0.3, -0.25) is 4.79 Å². The molecule has 0 aliphatic heterocycles. The van der Waals surface area contributed by atoms with Gasteiger partial charge in [-0.2, -0.15) is 0 Å². The molecule has 1 amide bonds. The van der Waals surface area contributed by atoms with Gasteiger partial charge in [-0.05, 0) is 49.6 Å². The summed E-state index contributed by atoms with van der Waals surface area (Å²) in [7, 11) is -2.36. The van der Waals surface area contributed by atoms with Crippen LogP contribution in [-0.2, 0) is 10.0 Å². The summed E-state index contributed by atoms with van der Waals surface area (Å²) in [5, 5.41) is 2.82. The number of hydrogen-bond donors (Lipinski definition) is 2. The van der Waals surface area contributed by atoms with Crippen LogP contribution in [0.15, 0.2) is 47.4 Å². The molecule has 1 aliphatic rings. The van der Waals surface area contributed by atoms with Crippen LogP contribution in [0.4, 0.5) is 5.69 Å². The lowest BCUT2D eigenvalue weighted by atomic mass is 10.1. The molecule has 144 valence electrons. The van der Waals surface area contributed by atoms with Gasteiger partial charge in [-0.15, -0.1) is 0 Å². The Bertz CT molecular complexity index is 935. The Balaban J connectivity index is 1.88. The van der Waals surface area contributed by atoms with Crippen molar-refractivity contribution in [1.82, 2.24) is 4.72 Å². The molecule has 0 spiro atoms. The number of sulfonamides is 1. The molecule has 1 aliphatic carbocycles.